The predicted octanol–water partition coefficient (Wildman–Crippen LogP) is 4.92. The van der Waals surface area contributed by atoms with Crippen LogP contribution in [0.15, 0.2) is 42.5 Å². The molecule has 0 unspecified atom stereocenters. The highest BCUT2D eigenvalue weighted by Gasteiger charge is 2.00. The normalized spacial score (nSPS) is 10.5. The minimum Gasteiger partial charge on any atom is -0.0651 e. The summed E-state index contributed by atoms with van der Waals surface area (Å²) < 4.78 is 0. The summed E-state index contributed by atoms with van der Waals surface area (Å²) in [5.74, 6) is 0. The second kappa shape index (κ2) is 5.18. The van der Waals surface area contributed by atoms with Crippen molar-refractivity contribution in [1.29, 1.82) is 0 Å². The van der Waals surface area contributed by atoms with Crippen LogP contribution in [0.5, 0.6) is 0 Å². The molecule has 0 aliphatic heterocycles. The summed E-state index contributed by atoms with van der Waals surface area (Å²) in [6, 6.07) is 15.6. The minimum atomic E-state index is 1.17. The van der Waals surface area contributed by atoms with E-state index in [-0.39, 0.29) is 0 Å². The van der Waals surface area contributed by atoms with E-state index in [4.69, 9.17) is 0 Å². The van der Waals surface area contributed by atoms with Gasteiger partial charge in [0.25, 0.3) is 0 Å². The monoisotopic (exact) mass is 224 g/mol. The first-order valence-electron chi connectivity index (χ1n) is 6.37. The first kappa shape index (κ1) is 11.9. The van der Waals surface area contributed by atoms with Gasteiger partial charge in [0.05, 0.1) is 0 Å². The standard InChI is InChI=1S/C17H20/c1-4-5-15-7-10-16(11-8-15)17-9-6-13(2)14(3)12-17/h6-12H,4-5H2,1-3H3. The lowest BCUT2D eigenvalue weighted by Crippen LogP contribution is -1.85. The van der Waals surface area contributed by atoms with Crippen molar-refractivity contribution in [2.75, 3.05) is 0 Å². The molecule has 0 bridgehead atoms. The first-order chi connectivity index (χ1) is 8.20. The predicted molar refractivity (Wildman–Crippen MR) is 75.3 cm³/mol. The van der Waals surface area contributed by atoms with Crippen molar-refractivity contribution in [2.45, 2.75) is 33.6 Å². The van der Waals surface area contributed by atoms with Crippen molar-refractivity contribution in [2.24, 2.45) is 0 Å². The average Bonchev–Trinajstić information content (AvgIpc) is 2.34. The molecule has 0 radical (unpaired) electrons. The van der Waals surface area contributed by atoms with E-state index in [1.807, 2.05) is 0 Å². The molecule has 0 saturated heterocycles. The van der Waals surface area contributed by atoms with E-state index in [0.29, 0.717) is 0 Å². The largest absolute Gasteiger partial charge is 0.0651 e. The van der Waals surface area contributed by atoms with Crippen LogP contribution in [0.4, 0.5) is 0 Å². The minimum absolute atomic E-state index is 1.17. The Hall–Kier alpha value is -1.56. The lowest BCUT2D eigenvalue weighted by atomic mass is 9.99. The van der Waals surface area contributed by atoms with Crippen LogP contribution in [0, 0.1) is 13.8 Å². The highest BCUT2D eigenvalue weighted by atomic mass is 14.0. The van der Waals surface area contributed by atoms with E-state index >= 15 is 0 Å². The fraction of sp³-hybridized carbons (Fsp3) is 0.294. The quantitative estimate of drug-likeness (QED) is 0.694. The number of hydrogen-bond donors (Lipinski definition) is 0. The molecule has 17 heavy (non-hydrogen) atoms. The van der Waals surface area contributed by atoms with E-state index in [2.05, 4.69) is 63.2 Å². The van der Waals surface area contributed by atoms with Crippen molar-refractivity contribution >= 4 is 0 Å². The second-order valence-corrected chi connectivity index (χ2v) is 4.75. The Morgan fingerprint density at radius 1 is 0.765 bits per heavy atom. The third-order valence-corrected chi connectivity index (χ3v) is 3.33. The van der Waals surface area contributed by atoms with Gasteiger partial charge in [0.1, 0.15) is 0 Å². The van der Waals surface area contributed by atoms with Gasteiger partial charge in [0, 0.05) is 0 Å². The molecular formula is C17H20. The highest BCUT2D eigenvalue weighted by molar-refractivity contribution is 5.65. The Labute approximate surface area is 104 Å². The maximum absolute atomic E-state index is 2.27. The summed E-state index contributed by atoms with van der Waals surface area (Å²) in [7, 11) is 0. The van der Waals surface area contributed by atoms with Crippen LogP contribution >= 0.6 is 0 Å². The lowest BCUT2D eigenvalue weighted by Gasteiger charge is -2.06. The Morgan fingerprint density at radius 2 is 1.41 bits per heavy atom. The molecular weight excluding hydrogens is 204 g/mol. The summed E-state index contributed by atoms with van der Waals surface area (Å²) in [6.07, 6.45) is 2.39. The lowest BCUT2D eigenvalue weighted by molar-refractivity contribution is 0.922. The first-order valence-corrected chi connectivity index (χ1v) is 6.37. The number of rotatable bonds is 3. The molecule has 0 aliphatic rings. The molecule has 2 rings (SSSR count). The summed E-state index contributed by atoms with van der Waals surface area (Å²) in [5.41, 5.74) is 6.78. The van der Waals surface area contributed by atoms with Crippen molar-refractivity contribution < 1.29 is 0 Å². The molecule has 2 aromatic rings. The second-order valence-electron chi connectivity index (χ2n) is 4.75. The maximum atomic E-state index is 2.27. The Kier molecular flexibility index (Phi) is 3.63. The fourth-order valence-electron chi connectivity index (χ4n) is 2.07. The number of aryl methyl sites for hydroxylation is 3. The van der Waals surface area contributed by atoms with Crippen LogP contribution in [0.25, 0.3) is 11.1 Å². The molecule has 0 spiro atoms. The number of hydrogen-bond acceptors (Lipinski definition) is 0. The van der Waals surface area contributed by atoms with Gasteiger partial charge < -0.3 is 0 Å². The molecule has 0 amide bonds. The molecule has 0 heterocycles. The number of benzene rings is 2. The van der Waals surface area contributed by atoms with E-state index in [9.17, 15) is 0 Å². The molecule has 0 aliphatic carbocycles. The molecule has 88 valence electrons. The summed E-state index contributed by atoms with van der Waals surface area (Å²) in [6.45, 7) is 6.55. The highest BCUT2D eigenvalue weighted by Crippen LogP contribution is 2.22. The van der Waals surface area contributed by atoms with Crippen LogP contribution in [-0.4, -0.2) is 0 Å². The summed E-state index contributed by atoms with van der Waals surface area (Å²) in [4.78, 5) is 0. The molecule has 2 aromatic carbocycles. The Balaban J connectivity index is 2.30. The zero-order valence-electron chi connectivity index (χ0n) is 11.0. The van der Waals surface area contributed by atoms with Crippen LogP contribution in [0.1, 0.15) is 30.0 Å². The Morgan fingerprint density at radius 3 is 2.00 bits per heavy atom. The summed E-state index contributed by atoms with van der Waals surface area (Å²) in [5, 5.41) is 0. The topological polar surface area (TPSA) is 0 Å². The molecule has 0 heteroatoms. The van der Waals surface area contributed by atoms with Gasteiger partial charge in [0.2, 0.25) is 0 Å². The molecule has 0 aromatic heterocycles. The van der Waals surface area contributed by atoms with Gasteiger partial charge in [-0.05, 0) is 48.1 Å². The zero-order chi connectivity index (χ0) is 12.3. The molecule has 0 saturated carbocycles. The average molecular weight is 224 g/mol. The molecule has 0 atom stereocenters. The van der Waals surface area contributed by atoms with E-state index in [0.717, 1.165) is 0 Å². The molecule has 0 N–H and O–H groups in total. The van der Waals surface area contributed by atoms with Gasteiger partial charge in [-0.1, -0.05) is 55.8 Å². The van der Waals surface area contributed by atoms with Crippen LogP contribution in [-0.2, 0) is 6.42 Å². The van der Waals surface area contributed by atoms with Crippen LogP contribution in [0.3, 0.4) is 0 Å². The van der Waals surface area contributed by atoms with Crippen molar-refractivity contribution in [3.8, 4) is 11.1 Å². The van der Waals surface area contributed by atoms with Gasteiger partial charge in [-0.3, -0.25) is 0 Å². The molecule has 0 nitrogen and oxygen atoms in total. The van der Waals surface area contributed by atoms with Gasteiger partial charge in [0.15, 0.2) is 0 Å². The zero-order valence-corrected chi connectivity index (χ0v) is 11.0. The van der Waals surface area contributed by atoms with Crippen LogP contribution in [0.2, 0.25) is 0 Å². The van der Waals surface area contributed by atoms with E-state index < -0.39 is 0 Å². The van der Waals surface area contributed by atoms with Crippen molar-refractivity contribution in [3.05, 3.63) is 59.2 Å². The van der Waals surface area contributed by atoms with Crippen molar-refractivity contribution in [1.82, 2.24) is 0 Å². The van der Waals surface area contributed by atoms with Gasteiger partial charge in [-0.15, -0.1) is 0 Å². The van der Waals surface area contributed by atoms with Gasteiger partial charge >= 0.3 is 0 Å². The smallest absolute Gasteiger partial charge is 0.0181 e. The third-order valence-electron chi connectivity index (χ3n) is 3.33. The van der Waals surface area contributed by atoms with Gasteiger partial charge in [-0.2, -0.15) is 0 Å². The summed E-state index contributed by atoms with van der Waals surface area (Å²) >= 11 is 0. The fourth-order valence-corrected chi connectivity index (χ4v) is 2.07. The molecule has 0 fully saturated rings. The third kappa shape index (κ3) is 2.76. The maximum Gasteiger partial charge on any atom is -0.0181 e. The van der Waals surface area contributed by atoms with Crippen LogP contribution < -0.4 is 0 Å². The SMILES string of the molecule is CCCc1ccc(-c2ccc(C)c(C)c2)cc1. The van der Waals surface area contributed by atoms with Gasteiger partial charge in [-0.25, -0.2) is 0 Å². The Bertz CT molecular complexity index is 492. The van der Waals surface area contributed by atoms with E-state index in [1.165, 1.54) is 40.7 Å². The van der Waals surface area contributed by atoms with Crippen molar-refractivity contribution in [3.63, 3.8) is 0 Å². The van der Waals surface area contributed by atoms with E-state index in [1.54, 1.807) is 0 Å².